The first-order chi connectivity index (χ1) is 12.0. The number of hydrogen-bond acceptors (Lipinski definition) is 3. The van der Waals surface area contributed by atoms with E-state index in [-0.39, 0.29) is 24.1 Å². The first kappa shape index (κ1) is 17.2. The smallest absolute Gasteiger partial charge is 0.261 e. The van der Waals surface area contributed by atoms with Crippen LogP contribution in [0.2, 0.25) is 5.02 Å². The molecule has 1 amide bonds. The van der Waals surface area contributed by atoms with Crippen molar-refractivity contribution in [2.45, 2.75) is 26.4 Å². The SMILES string of the molecule is Cc1ccc2ncn(CC(=O)N[C@H](C)c3ccccc3Cl)c(=O)c2c1. The molecule has 3 aromatic rings. The fourth-order valence-electron chi connectivity index (χ4n) is 2.73. The van der Waals surface area contributed by atoms with Gasteiger partial charge in [-0.2, -0.15) is 0 Å². The molecule has 0 bridgehead atoms. The average molecular weight is 356 g/mol. The van der Waals surface area contributed by atoms with E-state index in [0.29, 0.717) is 15.9 Å². The summed E-state index contributed by atoms with van der Waals surface area (Å²) in [7, 11) is 0. The Morgan fingerprint density at radius 1 is 1.28 bits per heavy atom. The third-order valence-electron chi connectivity index (χ3n) is 4.04. The molecule has 25 heavy (non-hydrogen) atoms. The van der Waals surface area contributed by atoms with Crippen LogP contribution in [0.25, 0.3) is 10.9 Å². The largest absolute Gasteiger partial charge is 0.348 e. The lowest BCUT2D eigenvalue weighted by molar-refractivity contribution is -0.122. The maximum absolute atomic E-state index is 12.5. The summed E-state index contributed by atoms with van der Waals surface area (Å²) in [5.41, 5.74) is 2.20. The van der Waals surface area contributed by atoms with Crippen LogP contribution >= 0.6 is 11.6 Å². The average Bonchev–Trinajstić information content (AvgIpc) is 2.58. The van der Waals surface area contributed by atoms with Crippen LogP contribution in [0, 0.1) is 6.92 Å². The van der Waals surface area contributed by atoms with Crippen LogP contribution in [0.4, 0.5) is 0 Å². The van der Waals surface area contributed by atoms with Crippen molar-refractivity contribution in [3.63, 3.8) is 0 Å². The molecule has 0 unspecified atom stereocenters. The van der Waals surface area contributed by atoms with E-state index in [1.54, 1.807) is 18.2 Å². The Labute approximate surface area is 150 Å². The van der Waals surface area contributed by atoms with E-state index in [9.17, 15) is 9.59 Å². The van der Waals surface area contributed by atoms with Crippen molar-refractivity contribution in [1.82, 2.24) is 14.9 Å². The number of nitrogens with zero attached hydrogens (tertiary/aromatic N) is 2. The minimum Gasteiger partial charge on any atom is -0.348 e. The Bertz CT molecular complexity index is 997. The number of carbonyl (C=O) groups excluding carboxylic acids is 1. The van der Waals surface area contributed by atoms with Crippen LogP contribution in [0.5, 0.6) is 0 Å². The topological polar surface area (TPSA) is 64.0 Å². The Kier molecular flexibility index (Phi) is 4.86. The number of aryl methyl sites for hydroxylation is 1. The first-order valence-corrected chi connectivity index (χ1v) is 8.33. The zero-order chi connectivity index (χ0) is 18.0. The quantitative estimate of drug-likeness (QED) is 0.781. The fourth-order valence-corrected chi connectivity index (χ4v) is 3.03. The summed E-state index contributed by atoms with van der Waals surface area (Å²) in [6, 6.07) is 12.6. The summed E-state index contributed by atoms with van der Waals surface area (Å²) in [5, 5.41) is 3.96. The lowest BCUT2D eigenvalue weighted by atomic mass is 10.1. The van der Waals surface area contributed by atoms with Gasteiger partial charge in [-0.05, 0) is 37.6 Å². The van der Waals surface area contributed by atoms with Crippen molar-refractivity contribution < 1.29 is 4.79 Å². The number of halogens is 1. The molecule has 0 radical (unpaired) electrons. The summed E-state index contributed by atoms with van der Waals surface area (Å²) in [4.78, 5) is 29.1. The van der Waals surface area contributed by atoms with E-state index in [1.807, 2.05) is 38.1 Å². The van der Waals surface area contributed by atoms with Crippen molar-refractivity contribution in [1.29, 1.82) is 0 Å². The number of fused-ring (bicyclic) bond motifs is 1. The second-order valence-electron chi connectivity index (χ2n) is 6.01. The van der Waals surface area contributed by atoms with Crippen LogP contribution in [-0.4, -0.2) is 15.5 Å². The molecule has 128 valence electrons. The van der Waals surface area contributed by atoms with E-state index in [1.165, 1.54) is 10.9 Å². The molecule has 0 fully saturated rings. The van der Waals surface area contributed by atoms with E-state index in [4.69, 9.17) is 11.6 Å². The van der Waals surface area contributed by atoms with Gasteiger partial charge in [0.15, 0.2) is 0 Å². The lowest BCUT2D eigenvalue weighted by Crippen LogP contribution is -2.34. The van der Waals surface area contributed by atoms with Gasteiger partial charge in [0.2, 0.25) is 5.91 Å². The molecule has 3 rings (SSSR count). The van der Waals surface area contributed by atoms with Crippen LogP contribution in [0.3, 0.4) is 0 Å². The van der Waals surface area contributed by atoms with Gasteiger partial charge in [0.25, 0.3) is 5.56 Å². The van der Waals surface area contributed by atoms with Crippen molar-refractivity contribution >= 4 is 28.4 Å². The van der Waals surface area contributed by atoms with Gasteiger partial charge in [0.05, 0.1) is 23.3 Å². The number of hydrogen-bond donors (Lipinski definition) is 1. The lowest BCUT2D eigenvalue weighted by Gasteiger charge is -2.16. The second kappa shape index (κ2) is 7.07. The fraction of sp³-hybridized carbons (Fsp3) is 0.211. The van der Waals surface area contributed by atoms with Crippen LogP contribution < -0.4 is 10.9 Å². The molecule has 0 aliphatic carbocycles. The van der Waals surface area contributed by atoms with Crippen LogP contribution in [-0.2, 0) is 11.3 Å². The molecule has 1 N–H and O–H groups in total. The number of nitrogens with one attached hydrogen (secondary N) is 1. The Morgan fingerprint density at radius 3 is 2.80 bits per heavy atom. The summed E-state index contributed by atoms with van der Waals surface area (Å²) < 4.78 is 1.32. The standard InChI is InChI=1S/C19H18ClN3O2/c1-12-7-8-17-15(9-12)19(25)23(11-21-17)10-18(24)22-13(2)14-5-3-4-6-16(14)20/h3-9,11,13H,10H2,1-2H3,(H,22,24)/t13-/m1/s1. The van der Waals surface area contributed by atoms with E-state index < -0.39 is 0 Å². The molecular weight excluding hydrogens is 338 g/mol. The zero-order valence-electron chi connectivity index (χ0n) is 14.0. The highest BCUT2D eigenvalue weighted by Crippen LogP contribution is 2.22. The normalized spacial score (nSPS) is 12.1. The van der Waals surface area contributed by atoms with Gasteiger partial charge in [-0.25, -0.2) is 4.98 Å². The van der Waals surface area contributed by atoms with Gasteiger partial charge in [-0.1, -0.05) is 41.4 Å². The second-order valence-corrected chi connectivity index (χ2v) is 6.42. The minimum absolute atomic E-state index is 0.0928. The number of benzene rings is 2. The maximum atomic E-state index is 12.5. The van der Waals surface area contributed by atoms with E-state index in [0.717, 1.165) is 11.1 Å². The molecular formula is C19H18ClN3O2. The van der Waals surface area contributed by atoms with Gasteiger partial charge in [0.1, 0.15) is 6.54 Å². The molecule has 0 spiro atoms. The van der Waals surface area contributed by atoms with Crippen molar-refractivity contribution in [2.75, 3.05) is 0 Å². The number of amides is 1. The highest BCUT2D eigenvalue weighted by atomic mass is 35.5. The van der Waals surface area contributed by atoms with Gasteiger partial charge in [-0.15, -0.1) is 0 Å². The Hall–Kier alpha value is -2.66. The van der Waals surface area contributed by atoms with Crippen molar-refractivity contribution in [3.05, 3.63) is 75.3 Å². The molecule has 5 nitrogen and oxygen atoms in total. The van der Waals surface area contributed by atoms with Crippen LogP contribution in [0.1, 0.15) is 24.1 Å². The van der Waals surface area contributed by atoms with Crippen molar-refractivity contribution in [2.24, 2.45) is 0 Å². The molecule has 1 atom stereocenters. The van der Waals surface area contributed by atoms with E-state index >= 15 is 0 Å². The van der Waals surface area contributed by atoms with Crippen LogP contribution in [0.15, 0.2) is 53.6 Å². The number of rotatable bonds is 4. The molecule has 0 aliphatic rings. The summed E-state index contributed by atoms with van der Waals surface area (Å²) in [6.07, 6.45) is 1.40. The number of carbonyl (C=O) groups is 1. The first-order valence-electron chi connectivity index (χ1n) is 7.95. The number of aromatic nitrogens is 2. The maximum Gasteiger partial charge on any atom is 0.261 e. The summed E-state index contributed by atoms with van der Waals surface area (Å²) in [5.74, 6) is -0.275. The monoisotopic (exact) mass is 355 g/mol. The Morgan fingerprint density at radius 2 is 2.04 bits per heavy atom. The summed E-state index contributed by atoms with van der Waals surface area (Å²) in [6.45, 7) is 3.67. The Balaban J connectivity index is 1.79. The van der Waals surface area contributed by atoms with Crippen molar-refractivity contribution in [3.8, 4) is 0 Å². The molecule has 6 heteroatoms. The molecule has 0 saturated heterocycles. The molecule has 0 saturated carbocycles. The molecule has 1 aromatic heterocycles. The third kappa shape index (κ3) is 3.72. The van der Waals surface area contributed by atoms with Gasteiger partial charge >= 0.3 is 0 Å². The minimum atomic E-state index is -0.275. The highest BCUT2D eigenvalue weighted by Gasteiger charge is 2.14. The zero-order valence-corrected chi connectivity index (χ0v) is 14.7. The third-order valence-corrected chi connectivity index (χ3v) is 4.39. The highest BCUT2D eigenvalue weighted by molar-refractivity contribution is 6.31. The molecule has 1 heterocycles. The predicted molar refractivity (Wildman–Crippen MR) is 98.7 cm³/mol. The van der Waals surface area contributed by atoms with E-state index in [2.05, 4.69) is 10.3 Å². The predicted octanol–water partition coefficient (Wildman–Crippen LogP) is 3.24. The summed E-state index contributed by atoms with van der Waals surface area (Å²) >= 11 is 6.15. The van der Waals surface area contributed by atoms with Gasteiger partial charge in [-0.3, -0.25) is 14.2 Å². The molecule has 0 aliphatic heterocycles. The van der Waals surface area contributed by atoms with Gasteiger partial charge in [0, 0.05) is 5.02 Å². The molecule has 2 aromatic carbocycles. The van der Waals surface area contributed by atoms with Gasteiger partial charge < -0.3 is 5.32 Å².